The van der Waals surface area contributed by atoms with Gasteiger partial charge in [-0.2, -0.15) is 5.10 Å². The minimum Gasteiger partial charge on any atom is -0.339 e. The number of anilines is 1. The molecule has 138 valence electrons. The minimum atomic E-state index is -0.824. The first kappa shape index (κ1) is 22.9. The van der Waals surface area contributed by atoms with Crippen LogP contribution in [0.5, 0.6) is 0 Å². The average molecular weight is 388 g/mol. The van der Waals surface area contributed by atoms with Gasteiger partial charge in [-0.15, -0.1) is 24.8 Å². The van der Waals surface area contributed by atoms with Gasteiger partial charge in [0.15, 0.2) is 0 Å². The van der Waals surface area contributed by atoms with Crippen LogP contribution in [0, 0.1) is 0 Å². The monoisotopic (exact) mass is 387 g/mol. The van der Waals surface area contributed by atoms with Crippen LogP contribution in [0.25, 0.3) is 0 Å². The van der Waals surface area contributed by atoms with Crippen LogP contribution in [0.15, 0.2) is 42.6 Å². The maximum atomic E-state index is 12.5. The van der Waals surface area contributed by atoms with Crippen molar-refractivity contribution in [3.63, 3.8) is 0 Å². The van der Waals surface area contributed by atoms with E-state index in [-0.39, 0.29) is 36.6 Å². The minimum absolute atomic E-state index is 0. The summed E-state index contributed by atoms with van der Waals surface area (Å²) in [4.78, 5) is 24.7. The van der Waals surface area contributed by atoms with Crippen LogP contribution in [0.2, 0.25) is 0 Å². The van der Waals surface area contributed by atoms with Crippen LogP contribution < -0.4 is 16.4 Å². The number of hydrogen-bond donors (Lipinski definition) is 4. The van der Waals surface area contributed by atoms with Gasteiger partial charge in [-0.05, 0) is 12.0 Å². The van der Waals surface area contributed by atoms with Gasteiger partial charge in [-0.3, -0.25) is 14.7 Å². The van der Waals surface area contributed by atoms with Crippen LogP contribution in [0.1, 0.15) is 31.4 Å². The molecule has 2 unspecified atom stereocenters. The predicted octanol–water partition coefficient (Wildman–Crippen LogP) is 2.18. The molecule has 9 heteroatoms. The van der Waals surface area contributed by atoms with E-state index < -0.39 is 12.1 Å². The highest BCUT2D eigenvalue weighted by Crippen LogP contribution is 2.15. The van der Waals surface area contributed by atoms with E-state index in [1.165, 1.54) is 6.20 Å². The highest BCUT2D eigenvalue weighted by atomic mass is 35.5. The van der Waals surface area contributed by atoms with E-state index in [1.807, 2.05) is 25.1 Å². The molecule has 0 spiro atoms. The highest BCUT2D eigenvalue weighted by molar-refractivity contribution is 5.97. The van der Waals surface area contributed by atoms with Crippen LogP contribution in [0.4, 0.5) is 5.82 Å². The molecule has 1 heterocycles. The normalized spacial score (nSPS) is 12.1. The summed E-state index contributed by atoms with van der Waals surface area (Å²) in [5, 5.41) is 11.8. The fourth-order valence-corrected chi connectivity index (χ4v) is 2.17. The van der Waals surface area contributed by atoms with Crippen molar-refractivity contribution in [1.82, 2.24) is 15.5 Å². The second-order valence-corrected chi connectivity index (χ2v) is 5.21. The number of aromatic amines is 1. The number of H-pyrrole nitrogens is 1. The first-order valence-electron chi connectivity index (χ1n) is 7.53. The van der Waals surface area contributed by atoms with Gasteiger partial charge in [0.2, 0.25) is 5.91 Å². The summed E-state index contributed by atoms with van der Waals surface area (Å²) in [5.74, 6) is -0.249. The van der Waals surface area contributed by atoms with Crippen LogP contribution >= 0.6 is 24.8 Å². The van der Waals surface area contributed by atoms with Gasteiger partial charge in [0.1, 0.15) is 11.9 Å². The van der Waals surface area contributed by atoms with Gasteiger partial charge >= 0.3 is 0 Å². The van der Waals surface area contributed by atoms with E-state index in [4.69, 9.17) is 5.73 Å². The van der Waals surface area contributed by atoms with Gasteiger partial charge in [0, 0.05) is 6.07 Å². The summed E-state index contributed by atoms with van der Waals surface area (Å²) < 4.78 is 0. The van der Waals surface area contributed by atoms with E-state index in [0.29, 0.717) is 17.8 Å². The number of hydrogen-bond acceptors (Lipinski definition) is 4. The molecular formula is C16H23Cl2N5O2. The standard InChI is InChI=1S/C16H21N5O2.2ClH/c1-2-6-12(17)15(22)20-14(11-7-4-3-5-8-11)16(23)19-13-9-10-18-21-13;;/h3-5,7-10,12,14H,2,6,17H2,1H3,(H,20,22)(H2,18,19,21,23);2*1H. The maximum Gasteiger partial charge on any atom is 0.252 e. The number of carbonyl (C=O) groups is 2. The SMILES string of the molecule is CCCC(N)C(=O)NC(C(=O)Nc1ccn[nH]1)c1ccccc1.Cl.Cl. The number of aromatic nitrogens is 2. The molecule has 5 N–H and O–H groups in total. The zero-order chi connectivity index (χ0) is 16.7. The third-order valence-electron chi connectivity index (χ3n) is 3.38. The third-order valence-corrected chi connectivity index (χ3v) is 3.38. The summed E-state index contributed by atoms with van der Waals surface area (Å²) >= 11 is 0. The molecule has 2 atom stereocenters. The van der Waals surface area contributed by atoms with Crippen molar-refractivity contribution in [2.75, 3.05) is 5.32 Å². The lowest BCUT2D eigenvalue weighted by Gasteiger charge is -2.20. The lowest BCUT2D eigenvalue weighted by Crippen LogP contribution is -2.45. The Morgan fingerprint density at radius 3 is 2.40 bits per heavy atom. The van der Waals surface area contributed by atoms with Crippen molar-refractivity contribution < 1.29 is 9.59 Å². The second kappa shape index (κ2) is 11.5. The number of amides is 2. The summed E-state index contributed by atoms with van der Waals surface area (Å²) in [7, 11) is 0. The molecule has 1 aromatic heterocycles. The second-order valence-electron chi connectivity index (χ2n) is 5.21. The van der Waals surface area contributed by atoms with Gasteiger partial charge in [-0.25, -0.2) is 0 Å². The van der Waals surface area contributed by atoms with E-state index in [0.717, 1.165) is 6.42 Å². The van der Waals surface area contributed by atoms with Crippen LogP contribution in [-0.2, 0) is 9.59 Å². The Balaban J connectivity index is 0.00000288. The van der Waals surface area contributed by atoms with Gasteiger partial charge in [0.05, 0.1) is 12.2 Å². The molecule has 2 rings (SSSR count). The van der Waals surface area contributed by atoms with Gasteiger partial charge in [-0.1, -0.05) is 43.7 Å². The number of nitrogens with zero attached hydrogens (tertiary/aromatic N) is 1. The van der Waals surface area contributed by atoms with Crippen molar-refractivity contribution in [3.8, 4) is 0 Å². The molecule has 0 radical (unpaired) electrons. The van der Waals surface area contributed by atoms with Crippen molar-refractivity contribution in [3.05, 3.63) is 48.2 Å². The van der Waals surface area contributed by atoms with Crippen molar-refractivity contribution in [2.45, 2.75) is 31.8 Å². The number of nitrogens with two attached hydrogens (primary N) is 1. The Bertz CT molecular complexity index is 637. The Morgan fingerprint density at radius 1 is 1.16 bits per heavy atom. The zero-order valence-corrected chi connectivity index (χ0v) is 15.4. The quantitative estimate of drug-likeness (QED) is 0.582. The summed E-state index contributed by atoms with van der Waals surface area (Å²) in [5.41, 5.74) is 6.51. The smallest absolute Gasteiger partial charge is 0.252 e. The molecule has 1 aromatic carbocycles. The number of benzene rings is 1. The Labute approximate surface area is 159 Å². The number of rotatable bonds is 7. The fourth-order valence-electron chi connectivity index (χ4n) is 2.17. The Morgan fingerprint density at radius 2 is 1.84 bits per heavy atom. The maximum absolute atomic E-state index is 12.5. The van der Waals surface area contributed by atoms with Crippen molar-refractivity contribution >= 4 is 42.4 Å². The average Bonchev–Trinajstić information content (AvgIpc) is 3.06. The molecule has 0 saturated carbocycles. The summed E-state index contributed by atoms with van der Waals surface area (Å²) in [6.07, 6.45) is 2.89. The Hall–Kier alpha value is -2.09. The molecule has 25 heavy (non-hydrogen) atoms. The third kappa shape index (κ3) is 6.74. The molecular weight excluding hydrogens is 365 g/mol. The number of nitrogens with one attached hydrogen (secondary N) is 3. The summed E-state index contributed by atoms with van der Waals surface area (Å²) in [6, 6.07) is 9.20. The zero-order valence-electron chi connectivity index (χ0n) is 13.8. The van der Waals surface area contributed by atoms with Crippen LogP contribution in [-0.4, -0.2) is 28.1 Å². The largest absolute Gasteiger partial charge is 0.339 e. The predicted molar refractivity (Wildman–Crippen MR) is 102 cm³/mol. The van der Waals surface area contributed by atoms with Crippen molar-refractivity contribution in [2.24, 2.45) is 5.73 Å². The van der Waals surface area contributed by atoms with E-state index in [2.05, 4.69) is 20.8 Å². The lowest BCUT2D eigenvalue weighted by atomic mass is 10.0. The number of carbonyl (C=O) groups excluding carboxylic acids is 2. The van der Waals surface area contributed by atoms with Crippen LogP contribution in [0.3, 0.4) is 0 Å². The fraction of sp³-hybridized carbons (Fsp3) is 0.312. The van der Waals surface area contributed by atoms with E-state index in [1.54, 1.807) is 18.2 Å². The van der Waals surface area contributed by atoms with E-state index >= 15 is 0 Å². The molecule has 0 fully saturated rings. The molecule has 0 aliphatic heterocycles. The molecule has 0 aliphatic rings. The number of halogens is 2. The molecule has 0 aliphatic carbocycles. The molecule has 0 bridgehead atoms. The first-order chi connectivity index (χ1) is 11.1. The van der Waals surface area contributed by atoms with Gasteiger partial charge in [0.25, 0.3) is 5.91 Å². The highest BCUT2D eigenvalue weighted by Gasteiger charge is 2.25. The van der Waals surface area contributed by atoms with Crippen molar-refractivity contribution in [1.29, 1.82) is 0 Å². The molecule has 2 amide bonds. The first-order valence-corrected chi connectivity index (χ1v) is 7.53. The molecule has 0 saturated heterocycles. The molecule has 2 aromatic rings. The van der Waals surface area contributed by atoms with Gasteiger partial charge < -0.3 is 16.4 Å². The topological polar surface area (TPSA) is 113 Å². The Kier molecular flexibility index (Phi) is 10.5. The molecule has 7 nitrogen and oxygen atoms in total. The lowest BCUT2D eigenvalue weighted by molar-refractivity contribution is -0.127. The van der Waals surface area contributed by atoms with E-state index in [9.17, 15) is 9.59 Å². The summed E-state index contributed by atoms with van der Waals surface area (Å²) in [6.45, 7) is 1.95.